The molecule has 0 N–H and O–H groups in total. The van der Waals surface area contributed by atoms with Gasteiger partial charge in [0.1, 0.15) is 12.4 Å². The van der Waals surface area contributed by atoms with E-state index in [4.69, 9.17) is 4.42 Å². The molecule has 1 aromatic carbocycles. The number of rotatable bonds is 7. The van der Waals surface area contributed by atoms with Gasteiger partial charge in [-0.05, 0) is 24.3 Å². The quantitative estimate of drug-likeness (QED) is 0.574. The van der Waals surface area contributed by atoms with Gasteiger partial charge in [0.25, 0.3) is 0 Å². The smallest absolute Gasteiger partial charge is 0.337 e. The molecule has 0 aliphatic carbocycles. The fourth-order valence-corrected chi connectivity index (χ4v) is 2.65. The van der Waals surface area contributed by atoms with E-state index >= 15 is 0 Å². The first-order valence-corrected chi connectivity index (χ1v) is 8.33. The Morgan fingerprint density at radius 1 is 0.929 bits per heavy atom. The zero-order valence-corrected chi connectivity index (χ0v) is 14.9. The molecule has 0 amide bonds. The third kappa shape index (κ3) is 3.54. The second-order valence-corrected chi connectivity index (χ2v) is 5.86. The van der Waals surface area contributed by atoms with Crippen LogP contribution in [0.25, 0.3) is 11.3 Å². The molecule has 0 aliphatic rings. The Balaban J connectivity index is 2.05. The van der Waals surface area contributed by atoms with Gasteiger partial charge in [-0.3, -0.25) is 0 Å². The predicted molar refractivity (Wildman–Crippen MR) is 101 cm³/mol. The van der Waals surface area contributed by atoms with Crippen molar-refractivity contribution < 1.29 is 8.81 Å². The minimum Gasteiger partial charge on any atom is -0.439 e. The highest BCUT2D eigenvalue weighted by molar-refractivity contribution is 5.55. The van der Waals surface area contributed by atoms with Gasteiger partial charge in [0, 0.05) is 5.56 Å². The minimum atomic E-state index is -0.795. The lowest BCUT2D eigenvalue weighted by molar-refractivity contribution is 0.441. The molecule has 2 aromatic heterocycles. The molecule has 0 atom stereocenters. The molecule has 8 nitrogen and oxygen atoms in total. The molecule has 28 heavy (non-hydrogen) atoms. The van der Waals surface area contributed by atoms with Crippen LogP contribution < -0.4 is 17.1 Å². The average molecular weight is 384 g/mol. The number of halogens is 1. The summed E-state index contributed by atoms with van der Waals surface area (Å²) in [6.45, 7) is 6.66. The summed E-state index contributed by atoms with van der Waals surface area (Å²) < 4.78 is 21.3. The molecule has 0 unspecified atom stereocenters. The van der Waals surface area contributed by atoms with Crippen molar-refractivity contribution in [2.75, 3.05) is 0 Å². The van der Waals surface area contributed by atoms with Gasteiger partial charge in [0.2, 0.25) is 5.89 Å². The molecule has 0 aliphatic heterocycles. The predicted octanol–water partition coefficient (Wildman–Crippen LogP) is 1.39. The van der Waals surface area contributed by atoms with Crippen LogP contribution in [0.1, 0.15) is 5.89 Å². The number of hydrogen-bond acceptors (Lipinski definition) is 5. The summed E-state index contributed by atoms with van der Waals surface area (Å²) in [6.07, 6.45) is 4.18. The summed E-state index contributed by atoms with van der Waals surface area (Å²) in [6, 6.07) is 5.60. The maximum atomic E-state index is 13.1. The van der Waals surface area contributed by atoms with Crippen LogP contribution in [-0.4, -0.2) is 18.7 Å². The summed E-state index contributed by atoms with van der Waals surface area (Å²) in [5.41, 5.74) is -1.74. The third-order valence-electron chi connectivity index (χ3n) is 3.98. The maximum Gasteiger partial charge on any atom is 0.337 e. The van der Waals surface area contributed by atoms with E-state index in [-0.39, 0.29) is 31.3 Å². The van der Waals surface area contributed by atoms with Gasteiger partial charge in [0.05, 0.1) is 19.3 Å². The number of aromatic nitrogens is 4. The molecule has 144 valence electrons. The molecule has 0 spiro atoms. The van der Waals surface area contributed by atoms with Gasteiger partial charge in [-0.25, -0.2) is 37.5 Å². The van der Waals surface area contributed by atoms with Gasteiger partial charge in [0.15, 0.2) is 5.76 Å². The Morgan fingerprint density at radius 2 is 1.46 bits per heavy atom. The highest BCUT2D eigenvalue weighted by atomic mass is 19.1. The van der Waals surface area contributed by atoms with Crippen LogP contribution in [0.4, 0.5) is 4.39 Å². The van der Waals surface area contributed by atoms with Crippen molar-refractivity contribution in [1.29, 1.82) is 0 Å². The highest BCUT2D eigenvalue weighted by Gasteiger charge is 2.16. The normalized spacial score (nSPS) is 10.8. The van der Waals surface area contributed by atoms with Gasteiger partial charge in [-0.2, -0.15) is 0 Å². The fraction of sp³-hybridized carbons (Fsp3) is 0.158. The molecule has 0 saturated heterocycles. The topological polar surface area (TPSA) is 92.0 Å². The zero-order valence-electron chi connectivity index (χ0n) is 14.9. The van der Waals surface area contributed by atoms with E-state index in [9.17, 15) is 18.8 Å². The second-order valence-electron chi connectivity index (χ2n) is 5.86. The minimum absolute atomic E-state index is 0.0541. The first kappa shape index (κ1) is 19.0. The molecule has 0 fully saturated rings. The summed E-state index contributed by atoms with van der Waals surface area (Å²) in [4.78, 5) is 41.6. The SMILES string of the molecule is C=CCn1c(=O)n(CC=C)c(=O)n(Cc2ncc(-c3ccc(F)cc3)o2)c1=O. The standard InChI is InChI=1S/C19H17FN4O4/c1-3-9-22-17(25)23(10-4-2)19(27)24(18(22)26)12-16-21-11-15(28-16)13-5-7-14(20)8-6-13/h3-8,11H,1-2,9-10,12H2. The lowest BCUT2D eigenvalue weighted by Gasteiger charge is -2.10. The van der Waals surface area contributed by atoms with Gasteiger partial charge in [-0.15, -0.1) is 13.2 Å². The number of hydrogen-bond donors (Lipinski definition) is 0. The lowest BCUT2D eigenvalue weighted by Crippen LogP contribution is -2.54. The zero-order chi connectivity index (χ0) is 20.3. The number of nitrogens with zero attached hydrogens (tertiary/aromatic N) is 4. The number of oxazole rings is 1. The Labute approximate surface area is 158 Å². The maximum absolute atomic E-state index is 13.1. The molecule has 2 heterocycles. The van der Waals surface area contributed by atoms with Crippen LogP contribution in [0, 0.1) is 5.82 Å². The highest BCUT2D eigenvalue weighted by Crippen LogP contribution is 2.20. The number of benzene rings is 1. The summed E-state index contributed by atoms with van der Waals surface area (Å²) >= 11 is 0. The Hall–Kier alpha value is -3.75. The van der Waals surface area contributed by atoms with Crippen molar-refractivity contribution in [1.82, 2.24) is 18.7 Å². The molecular weight excluding hydrogens is 367 g/mol. The molecule has 9 heteroatoms. The van der Waals surface area contributed by atoms with Crippen molar-refractivity contribution in [2.45, 2.75) is 19.6 Å². The van der Waals surface area contributed by atoms with Gasteiger partial charge in [-0.1, -0.05) is 12.2 Å². The largest absolute Gasteiger partial charge is 0.439 e. The van der Waals surface area contributed by atoms with E-state index in [1.807, 2.05) is 0 Å². The summed E-state index contributed by atoms with van der Waals surface area (Å²) in [5.74, 6) is 0.0589. The van der Waals surface area contributed by atoms with E-state index in [2.05, 4.69) is 18.1 Å². The molecule has 0 bridgehead atoms. The average Bonchev–Trinajstić information content (AvgIpc) is 3.15. The van der Waals surface area contributed by atoms with Crippen LogP contribution in [-0.2, 0) is 19.6 Å². The van der Waals surface area contributed by atoms with Crippen LogP contribution in [0.2, 0.25) is 0 Å². The third-order valence-corrected chi connectivity index (χ3v) is 3.98. The van der Waals surface area contributed by atoms with E-state index in [0.29, 0.717) is 11.3 Å². The van der Waals surface area contributed by atoms with Crippen LogP contribution >= 0.6 is 0 Å². The first-order valence-electron chi connectivity index (χ1n) is 8.33. The van der Waals surface area contributed by atoms with Crippen LogP contribution in [0.5, 0.6) is 0 Å². The van der Waals surface area contributed by atoms with Gasteiger partial charge >= 0.3 is 17.1 Å². The molecule has 0 saturated carbocycles. The molecule has 3 aromatic rings. The van der Waals surface area contributed by atoms with Crippen molar-refractivity contribution in [3.8, 4) is 11.3 Å². The Bertz CT molecular complexity index is 1150. The Kier molecular flexibility index (Phi) is 5.35. The summed E-state index contributed by atoms with van der Waals surface area (Å²) in [7, 11) is 0. The monoisotopic (exact) mass is 384 g/mol. The molecule has 3 rings (SSSR count). The van der Waals surface area contributed by atoms with Crippen LogP contribution in [0.3, 0.4) is 0 Å². The second kappa shape index (κ2) is 7.87. The van der Waals surface area contributed by atoms with E-state index in [1.165, 1.54) is 42.6 Å². The van der Waals surface area contributed by atoms with E-state index in [0.717, 1.165) is 13.7 Å². The summed E-state index contributed by atoms with van der Waals surface area (Å²) in [5, 5.41) is 0. The van der Waals surface area contributed by atoms with Crippen LogP contribution in [0.15, 0.2) is 74.6 Å². The van der Waals surface area contributed by atoms with E-state index in [1.54, 1.807) is 0 Å². The first-order chi connectivity index (χ1) is 13.5. The fourth-order valence-electron chi connectivity index (χ4n) is 2.65. The molecule has 0 radical (unpaired) electrons. The van der Waals surface area contributed by atoms with Crippen molar-refractivity contribution in [3.05, 3.63) is 98.9 Å². The molecular formula is C19H17FN4O4. The van der Waals surface area contributed by atoms with E-state index < -0.39 is 17.1 Å². The number of allylic oxidation sites excluding steroid dienone is 2. The van der Waals surface area contributed by atoms with Crippen molar-refractivity contribution in [3.63, 3.8) is 0 Å². The lowest BCUT2D eigenvalue weighted by atomic mass is 10.2. The Morgan fingerprint density at radius 3 is 2.00 bits per heavy atom. The van der Waals surface area contributed by atoms with Crippen molar-refractivity contribution >= 4 is 0 Å². The van der Waals surface area contributed by atoms with Crippen molar-refractivity contribution in [2.24, 2.45) is 0 Å². The van der Waals surface area contributed by atoms with Gasteiger partial charge < -0.3 is 4.42 Å².